The highest BCUT2D eigenvalue weighted by atomic mass is 35.5. The SMILES string of the molecule is CO[C@@H]1[C@@H](n2cc(-c3cc(F)c(F)c(F)c3)nn2)[C@@H](O)[C@@H](CO)O[C@H]1C(=O)N(c1cc(Cl)cc(Cl)c1)[C@@H]1CNC[C@H]1O. The number of ether oxygens (including phenoxy) is 2. The fourth-order valence-electron chi connectivity index (χ4n) is 5.33. The third kappa shape index (κ3) is 5.73. The van der Waals surface area contributed by atoms with Crippen LogP contribution in [0.3, 0.4) is 0 Å². The third-order valence-corrected chi connectivity index (χ3v) is 7.76. The lowest BCUT2D eigenvalue weighted by Gasteiger charge is -2.45. The van der Waals surface area contributed by atoms with E-state index in [1.54, 1.807) is 0 Å². The number of aromatic nitrogens is 3. The van der Waals surface area contributed by atoms with Gasteiger partial charge in [-0.3, -0.25) is 4.79 Å². The number of carbonyl (C=O) groups is 1. The molecule has 0 bridgehead atoms. The minimum atomic E-state index is -1.65. The molecule has 0 saturated carbocycles. The summed E-state index contributed by atoms with van der Waals surface area (Å²) in [4.78, 5) is 15.5. The number of rotatable bonds is 7. The minimum absolute atomic E-state index is 0.0693. The quantitative estimate of drug-likeness (QED) is 0.287. The van der Waals surface area contributed by atoms with Crippen molar-refractivity contribution in [2.45, 2.75) is 42.6 Å². The van der Waals surface area contributed by atoms with Crippen LogP contribution in [0.4, 0.5) is 18.9 Å². The summed E-state index contributed by atoms with van der Waals surface area (Å²) in [5, 5.41) is 43.2. The molecule has 42 heavy (non-hydrogen) atoms. The molecule has 0 radical (unpaired) electrons. The van der Waals surface area contributed by atoms with E-state index in [-0.39, 0.29) is 40.1 Å². The van der Waals surface area contributed by atoms with E-state index < -0.39 is 72.6 Å². The molecule has 1 aromatic heterocycles. The van der Waals surface area contributed by atoms with Gasteiger partial charge in [0.25, 0.3) is 5.91 Å². The normalized spacial score (nSPS) is 27.8. The maximum Gasteiger partial charge on any atom is 0.259 e. The van der Waals surface area contributed by atoms with Gasteiger partial charge in [0.2, 0.25) is 0 Å². The Morgan fingerprint density at radius 1 is 1.14 bits per heavy atom. The number of anilines is 1. The highest BCUT2D eigenvalue weighted by molar-refractivity contribution is 6.35. The van der Waals surface area contributed by atoms with E-state index >= 15 is 0 Å². The summed E-state index contributed by atoms with van der Waals surface area (Å²) < 4.78 is 53.9. The number of nitrogens with zero attached hydrogens (tertiary/aromatic N) is 4. The van der Waals surface area contributed by atoms with E-state index in [2.05, 4.69) is 15.6 Å². The summed E-state index contributed by atoms with van der Waals surface area (Å²) in [6.07, 6.45) is -5.27. The molecule has 226 valence electrons. The zero-order valence-electron chi connectivity index (χ0n) is 21.9. The van der Waals surface area contributed by atoms with Crippen molar-refractivity contribution in [3.63, 3.8) is 0 Å². The molecule has 0 spiro atoms. The smallest absolute Gasteiger partial charge is 0.259 e. The summed E-state index contributed by atoms with van der Waals surface area (Å²) >= 11 is 12.4. The predicted octanol–water partition coefficient (Wildman–Crippen LogP) is 1.71. The summed E-state index contributed by atoms with van der Waals surface area (Å²) in [5.41, 5.74) is 0.0571. The summed E-state index contributed by atoms with van der Waals surface area (Å²) in [7, 11) is 1.27. The van der Waals surface area contributed by atoms with Crippen LogP contribution >= 0.6 is 23.2 Å². The largest absolute Gasteiger partial charge is 0.394 e. The van der Waals surface area contributed by atoms with E-state index in [1.807, 2.05) is 0 Å². The zero-order valence-corrected chi connectivity index (χ0v) is 23.4. The number of amides is 1. The van der Waals surface area contributed by atoms with Crippen molar-refractivity contribution in [1.29, 1.82) is 0 Å². The van der Waals surface area contributed by atoms with Gasteiger partial charge in [-0.05, 0) is 30.3 Å². The Hall–Kier alpha value is -2.82. The number of aliphatic hydroxyl groups excluding tert-OH is 3. The van der Waals surface area contributed by atoms with Gasteiger partial charge in [-0.15, -0.1) is 5.10 Å². The topological polar surface area (TPSA) is 142 Å². The maximum atomic E-state index is 14.3. The van der Waals surface area contributed by atoms with Crippen molar-refractivity contribution >= 4 is 34.8 Å². The number of carbonyl (C=O) groups excluding carboxylic acids is 1. The first kappa shape index (κ1) is 30.6. The molecule has 0 aliphatic carbocycles. The minimum Gasteiger partial charge on any atom is -0.394 e. The fourth-order valence-corrected chi connectivity index (χ4v) is 5.84. The van der Waals surface area contributed by atoms with Gasteiger partial charge < -0.3 is 35.0 Å². The van der Waals surface area contributed by atoms with Gasteiger partial charge in [-0.2, -0.15) is 0 Å². The second kappa shape index (κ2) is 12.4. The second-order valence-electron chi connectivity index (χ2n) is 9.93. The number of aliphatic hydroxyl groups is 3. The molecular weight excluding hydrogens is 606 g/mol. The van der Waals surface area contributed by atoms with E-state index in [9.17, 15) is 33.3 Å². The van der Waals surface area contributed by atoms with Gasteiger partial charge in [-0.1, -0.05) is 28.4 Å². The molecule has 16 heteroatoms. The fraction of sp³-hybridized carbons (Fsp3) is 0.423. The van der Waals surface area contributed by atoms with E-state index in [4.69, 9.17) is 32.7 Å². The first-order valence-corrected chi connectivity index (χ1v) is 13.5. The monoisotopic (exact) mass is 631 g/mol. The molecule has 3 aromatic rings. The van der Waals surface area contributed by atoms with Crippen molar-refractivity contribution in [2.24, 2.45) is 0 Å². The Labute approximate surface area is 247 Å². The molecule has 2 fully saturated rings. The first-order valence-electron chi connectivity index (χ1n) is 12.8. The molecule has 4 N–H and O–H groups in total. The third-order valence-electron chi connectivity index (χ3n) is 7.32. The highest BCUT2D eigenvalue weighted by Crippen LogP contribution is 2.36. The summed E-state index contributed by atoms with van der Waals surface area (Å²) in [6, 6.07) is 3.94. The van der Waals surface area contributed by atoms with E-state index in [0.29, 0.717) is 0 Å². The Morgan fingerprint density at radius 2 is 1.81 bits per heavy atom. The number of benzene rings is 2. The number of hydrogen-bond acceptors (Lipinski definition) is 9. The Morgan fingerprint density at radius 3 is 2.38 bits per heavy atom. The second-order valence-corrected chi connectivity index (χ2v) is 10.8. The summed E-state index contributed by atoms with van der Waals surface area (Å²) in [5.74, 6) is -5.22. The predicted molar refractivity (Wildman–Crippen MR) is 144 cm³/mol. The molecule has 11 nitrogen and oxygen atoms in total. The van der Waals surface area contributed by atoms with Gasteiger partial charge >= 0.3 is 0 Å². The van der Waals surface area contributed by atoms with Crippen LogP contribution in [0.15, 0.2) is 36.5 Å². The number of β-amino-alcohol motifs (C(OH)–C–C–N with tert-alkyl or cyclic N) is 1. The molecule has 7 atom stereocenters. The number of hydrogen-bond donors (Lipinski definition) is 4. The van der Waals surface area contributed by atoms with Crippen LogP contribution in [0.2, 0.25) is 10.0 Å². The Balaban J connectivity index is 1.54. The van der Waals surface area contributed by atoms with Crippen molar-refractivity contribution in [3.8, 4) is 11.3 Å². The summed E-state index contributed by atoms with van der Waals surface area (Å²) in [6.45, 7) is -0.284. The zero-order chi connectivity index (χ0) is 30.3. The van der Waals surface area contributed by atoms with Crippen LogP contribution in [0.5, 0.6) is 0 Å². The molecule has 2 aliphatic rings. The molecule has 2 aromatic carbocycles. The van der Waals surface area contributed by atoms with Crippen molar-refractivity contribution in [1.82, 2.24) is 20.3 Å². The Bertz CT molecular complexity index is 1420. The van der Waals surface area contributed by atoms with Crippen LogP contribution in [-0.4, -0.2) is 99.6 Å². The average molecular weight is 632 g/mol. The number of nitrogens with one attached hydrogen (secondary N) is 1. The van der Waals surface area contributed by atoms with E-state index in [0.717, 1.165) is 16.8 Å². The van der Waals surface area contributed by atoms with E-state index in [1.165, 1.54) is 36.4 Å². The molecular formula is C26H26Cl2F3N5O6. The van der Waals surface area contributed by atoms with Crippen LogP contribution in [-0.2, 0) is 14.3 Å². The molecule has 5 rings (SSSR count). The van der Waals surface area contributed by atoms with Crippen LogP contribution < -0.4 is 10.2 Å². The lowest BCUT2D eigenvalue weighted by Crippen LogP contribution is -2.63. The molecule has 2 saturated heterocycles. The first-order chi connectivity index (χ1) is 20.0. The molecule has 1 amide bonds. The molecule has 0 unspecified atom stereocenters. The number of methoxy groups -OCH3 is 1. The van der Waals surface area contributed by atoms with Crippen LogP contribution in [0.25, 0.3) is 11.3 Å². The highest BCUT2D eigenvalue weighted by Gasteiger charge is 2.52. The molecule has 3 heterocycles. The maximum absolute atomic E-state index is 14.3. The standard InChI is InChI=1S/C26H26Cl2F3N5O6/c1-41-24-22(35-9-17(33-34-35)11-2-15(29)21(31)16(30)3-11)23(39)20(10-37)42-25(24)26(40)36(18-7-32-8-19(18)38)14-5-12(27)4-13(28)6-14/h2-6,9,18-20,22-25,32,37-39H,7-8,10H2,1H3/t18-,19-,20-,22+,23+,24-,25-/m1/s1. The van der Waals surface area contributed by atoms with Crippen molar-refractivity contribution < 1.29 is 42.8 Å². The van der Waals surface area contributed by atoms with Gasteiger partial charge in [0.05, 0.1) is 24.9 Å². The van der Waals surface area contributed by atoms with Gasteiger partial charge in [0.15, 0.2) is 23.6 Å². The van der Waals surface area contributed by atoms with Crippen LogP contribution in [0, 0.1) is 17.5 Å². The molecule has 2 aliphatic heterocycles. The van der Waals surface area contributed by atoms with Crippen molar-refractivity contribution in [3.05, 3.63) is 64.0 Å². The number of halogens is 5. The van der Waals surface area contributed by atoms with Gasteiger partial charge in [0, 0.05) is 41.5 Å². The lowest BCUT2D eigenvalue weighted by atomic mass is 9.91. The lowest BCUT2D eigenvalue weighted by molar-refractivity contribution is -0.211. The van der Waals surface area contributed by atoms with Crippen molar-refractivity contribution in [2.75, 3.05) is 31.7 Å². The Kier molecular flexibility index (Phi) is 9.06. The van der Waals surface area contributed by atoms with Gasteiger partial charge in [0.1, 0.15) is 30.0 Å². The van der Waals surface area contributed by atoms with Crippen LogP contribution in [0.1, 0.15) is 6.04 Å². The van der Waals surface area contributed by atoms with Gasteiger partial charge in [-0.25, -0.2) is 17.9 Å². The average Bonchev–Trinajstić information content (AvgIpc) is 3.60.